The van der Waals surface area contributed by atoms with E-state index < -0.39 is 6.10 Å². The maximum Gasteiger partial charge on any atom is 0.119 e. The summed E-state index contributed by atoms with van der Waals surface area (Å²) in [7, 11) is 1.89. The minimum absolute atomic E-state index is 0.266. The molecular weight excluding hydrogens is 240 g/mol. The Morgan fingerprint density at radius 1 is 1.37 bits per heavy atom. The van der Waals surface area contributed by atoms with E-state index in [2.05, 4.69) is 13.0 Å². The molecule has 1 N–H and O–H groups in total. The Kier molecular flexibility index (Phi) is 6.94. The molecule has 1 aromatic rings. The highest BCUT2D eigenvalue weighted by molar-refractivity contribution is 5.27. The lowest BCUT2D eigenvalue weighted by atomic mass is 10.2. The molecule has 1 aromatic carbocycles. The number of ether oxygens (including phenoxy) is 1. The van der Waals surface area contributed by atoms with Crippen LogP contribution in [0.2, 0.25) is 0 Å². The molecule has 0 heterocycles. The molecule has 0 aliphatic rings. The molecule has 0 saturated heterocycles. The molecule has 4 nitrogen and oxygen atoms in total. The molecule has 0 aliphatic carbocycles. The summed E-state index contributed by atoms with van der Waals surface area (Å²) in [6, 6.07) is 9.99. The van der Waals surface area contributed by atoms with Gasteiger partial charge >= 0.3 is 0 Å². The van der Waals surface area contributed by atoms with Crippen LogP contribution in [-0.4, -0.2) is 42.9 Å². The molecule has 19 heavy (non-hydrogen) atoms. The Balaban J connectivity index is 2.29. The molecule has 0 aromatic heterocycles. The SMILES string of the molecule is CCc1ccc(OCC(O)CN(C)CCC#N)cc1. The van der Waals surface area contributed by atoms with Gasteiger partial charge in [-0.3, -0.25) is 0 Å². The fourth-order valence-corrected chi connectivity index (χ4v) is 1.76. The van der Waals surface area contributed by atoms with Gasteiger partial charge < -0.3 is 14.7 Å². The molecule has 0 bridgehead atoms. The first kappa shape index (κ1) is 15.5. The summed E-state index contributed by atoms with van der Waals surface area (Å²) >= 11 is 0. The molecule has 1 rings (SSSR count). The number of benzene rings is 1. The second-order valence-electron chi connectivity index (χ2n) is 4.63. The molecular formula is C15H22N2O2. The number of nitriles is 1. The van der Waals surface area contributed by atoms with E-state index >= 15 is 0 Å². The third-order valence-electron chi connectivity index (χ3n) is 2.90. The maximum absolute atomic E-state index is 9.83. The minimum Gasteiger partial charge on any atom is -0.491 e. The van der Waals surface area contributed by atoms with Crippen molar-refractivity contribution in [1.29, 1.82) is 5.26 Å². The monoisotopic (exact) mass is 262 g/mol. The Morgan fingerprint density at radius 2 is 2.05 bits per heavy atom. The number of aliphatic hydroxyl groups is 1. The van der Waals surface area contributed by atoms with Crippen LogP contribution in [0.25, 0.3) is 0 Å². The second kappa shape index (κ2) is 8.52. The minimum atomic E-state index is -0.547. The van der Waals surface area contributed by atoms with Crippen LogP contribution < -0.4 is 4.74 Å². The van der Waals surface area contributed by atoms with Gasteiger partial charge in [-0.2, -0.15) is 5.26 Å². The smallest absolute Gasteiger partial charge is 0.119 e. The molecule has 0 amide bonds. The van der Waals surface area contributed by atoms with Gasteiger partial charge in [-0.1, -0.05) is 19.1 Å². The van der Waals surface area contributed by atoms with E-state index in [0.29, 0.717) is 19.5 Å². The third kappa shape index (κ3) is 6.23. The van der Waals surface area contributed by atoms with E-state index in [9.17, 15) is 5.11 Å². The third-order valence-corrected chi connectivity index (χ3v) is 2.90. The number of nitrogens with zero attached hydrogens (tertiary/aromatic N) is 2. The lowest BCUT2D eigenvalue weighted by Crippen LogP contribution is -2.33. The number of aliphatic hydroxyl groups excluding tert-OH is 1. The number of hydrogen-bond acceptors (Lipinski definition) is 4. The van der Waals surface area contributed by atoms with Crippen LogP contribution in [0, 0.1) is 11.3 Å². The van der Waals surface area contributed by atoms with Crippen LogP contribution >= 0.6 is 0 Å². The molecule has 0 fully saturated rings. The van der Waals surface area contributed by atoms with E-state index in [1.54, 1.807) is 0 Å². The van der Waals surface area contributed by atoms with Crippen molar-refractivity contribution in [2.24, 2.45) is 0 Å². The topological polar surface area (TPSA) is 56.5 Å². The number of likely N-dealkylation sites (N-methyl/N-ethyl adjacent to an activating group) is 1. The molecule has 0 radical (unpaired) electrons. The number of rotatable bonds is 8. The van der Waals surface area contributed by atoms with Gasteiger partial charge in [-0.25, -0.2) is 0 Å². The van der Waals surface area contributed by atoms with Crippen molar-refractivity contribution in [1.82, 2.24) is 4.90 Å². The van der Waals surface area contributed by atoms with Crippen molar-refractivity contribution in [2.45, 2.75) is 25.9 Å². The fourth-order valence-electron chi connectivity index (χ4n) is 1.76. The quantitative estimate of drug-likeness (QED) is 0.776. The molecule has 0 aliphatic heterocycles. The summed E-state index contributed by atoms with van der Waals surface area (Å²) in [5, 5.41) is 18.3. The molecule has 104 valence electrons. The summed E-state index contributed by atoms with van der Waals surface area (Å²) in [5.41, 5.74) is 1.27. The highest BCUT2D eigenvalue weighted by atomic mass is 16.5. The Morgan fingerprint density at radius 3 is 2.63 bits per heavy atom. The van der Waals surface area contributed by atoms with E-state index in [0.717, 1.165) is 12.2 Å². The molecule has 4 heteroatoms. The molecule has 0 spiro atoms. The van der Waals surface area contributed by atoms with E-state index in [1.165, 1.54) is 5.56 Å². The van der Waals surface area contributed by atoms with E-state index in [-0.39, 0.29) is 6.61 Å². The summed E-state index contributed by atoms with van der Waals surface area (Å²) < 4.78 is 5.53. The van der Waals surface area contributed by atoms with Crippen LogP contribution in [0.4, 0.5) is 0 Å². The zero-order valence-electron chi connectivity index (χ0n) is 11.7. The van der Waals surface area contributed by atoms with Crippen LogP contribution in [0.1, 0.15) is 18.9 Å². The zero-order valence-corrected chi connectivity index (χ0v) is 11.7. The first-order chi connectivity index (χ1) is 9.15. The van der Waals surface area contributed by atoms with Gasteiger partial charge in [-0.15, -0.1) is 0 Å². The van der Waals surface area contributed by atoms with Crippen molar-refractivity contribution in [3.63, 3.8) is 0 Å². The van der Waals surface area contributed by atoms with Gasteiger partial charge in [0.15, 0.2) is 0 Å². The van der Waals surface area contributed by atoms with Crippen molar-refractivity contribution in [2.75, 3.05) is 26.7 Å². The predicted octanol–water partition coefficient (Wildman–Crippen LogP) is 1.83. The summed E-state index contributed by atoms with van der Waals surface area (Å²) in [6.45, 7) is 3.55. The van der Waals surface area contributed by atoms with Gasteiger partial charge in [0.05, 0.1) is 6.07 Å². The van der Waals surface area contributed by atoms with Gasteiger partial charge in [-0.05, 0) is 31.2 Å². The molecule has 1 atom stereocenters. The van der Waals surface area contributed by atoms with Crippen LogP contribution in [0.5, 0.6) is 5.75 Å². The van der Waals surface area contributed by atoms with Crippen LogP contribution in [0.15, 0.2) is 24.3 Å². The molecule has 1 unspecified atom stereocenters. The highest BCUT2D eigenvalue weighted by Crippen LogP contribution is 2.12. The lowest BCUT2D eigenvalue weighted by molar-refractivity contribution is 0.0770. The van der Waals surface area contributed by atoms with Crippen molar-refractivity contribution in [3.8, 4) is 11.8 Å². The van der Waals surface area contributed by atoms with Gasteiger partial charge in [0.2, 0.25) is 0 Å². The Bertz CT molecular complexity index is 398. The highest BCUT2D eigenvalue weighted by Gasteiger charge is 2.08. The van der Waals surface area contributed by atoms with Crippen molar-refractivity contribution >= 4 is 0 Å². The van der Waals surface area contributed by atoms with E-state index in [4.69, 9.17) is 10.00 Å². The predicted molar refractivity (Wildman–Crippen MR) is 75.0 cm³/mol. The summed E-state index contributed by atoms with van der Waals surface area (Å²) in [6.07, 6.45) is 0.935. The number of hydrogen-bond donors (Lipinski definition) is 1. The van der Waals surface area contributed by atoms with Crippen molar-refractivity contribution < 1.29 is 9.84 Å². The average Bonchev–Trinajstić information content (AvgIpc) is 2.43. The normalized spacial score (nSPS) is 12.2. The number of aryl methyl sites for hydroxylation is 1. The van der Waals surface area contributed by atoms with Gasteiger partial charge in [0.1, 0.15) is 18.5 Å². The fraction of sp³-hybridized carbons (Fsp3) is 0.533. The standard InChI is InChI=1S/C15H22N2O2/c1-3-13-5-7-15(8-6-13)19-12-14(18)11-17(2)10-4-9-16/h5-8,14,18H,3-4,10-12H2,1-2H3. The largest absolute Gasteiger partial charge is 0.491 e. The first-order valence-electron chi connectivity index (χ1n) is 6.61. The van der Waals surface area contributed by atoms with Crippen LogP contribution in [0.3, 0.4) is 0 Å². The van der Waals surface area contributed by atoms with E-state index in [1.807, 2.05) is 36.2 Å². The lowest BCUT2D eigenvalue weighted by Gasteiger charge is -2.19. The summed E-state index contributed by atoms with van der Waals surface area (Å²) in [5.74, 6) is 0.774. The van der Waals surface area contributed by atoms with Gasteiger partial charge in [0.25, 0.3) is 0 Å². The Hall–Kier alpha value is -1.57. The van der Waals surface area contributed by atoms with Gasteiger partial charge in [0, 0.05) is 19.5 Å². The molecule has 0 saturated carbocycles. The maximum atomic E-state index is 9.83. The Labute approximate surface area is 115 Å². The van der Waals surface area contributed by atoms with Crippen LogP contribution in [-0.2, 0) is 6.42 Å². The summed E-state index contributed by atoms with van der Waals surface area (Å²) in [4.78, 5) is 1.93. The average molecular weight is 262 g/mol. The second-order valence-corrected chi connectivity index (χ2v) is 4.63. The first-order valence-corrected chi connectivity index (χ1v) is 6.61. The zero-order chi connectivity index (χ0) is 14.1. The van der Waals surface area contributed by atoms with Crippen molar-refractivity contribution in [3.05, 3.63) is 29.8 Å².